The van der Waals surface area contributed by atoms with Gasteiger partial charge in [0.2, 0.25) is 0 Å². The van der Waals surface area contributed by atoms with Gasteiger partial charge < -0.3 is 10.2 Å². The van der Waals surface area contributed by atoms with Crippen molar-refractivity contribution in [1.29, 1.82) is 0 Å². The van der Waals surface area contributed by atoms with E-state index in [-0.39, 0.29) is 5.54 Å². The highest BCUT2D eigenvalue weighted by Gasteiger charge is 2.35. The molecule has 0 saturated carbocycles. The minimum Gasteiger partial charge on any atom is -0.469 e. The second-order valence-corrected chi connectivity index (χ2v) is 6.12. The van der Waals surface area contributed by atoms with Gasteiger partial charge in [0.1, 0.15) is 5.76 Å². The summed E-state index contributed by atoms with van der Waals surface area (Å²) in [5.41, 5.74) is 7.50. The van der Waals surface area contributed by atoms with Gasteiger partial charge in [-0.05, 0) is 44.4 Å². The van der Waals surface area contributed by atoms with Crippen molar-refractivity contribution in [2.45, 2.75) is 31.8 Å². The Hall–Kier alpha value is -0.450. The third-order valence-electron chi connectivity index (χ3n) is 3.99. The Labute approximate surface area is 108 Å². The number of hydrogen-bond acceptors (Lipinski definition) is 4. The smallest absolute Gasteiger partial charge is 0.105 e. The highest BCUT2D eigenvalue weighted by molar-refractivity contribution is 7.99. The maximum absolute atomic E-state index is 6.03. The van der Waals surface area contributed by atoms with Crippen molar-refractivity contribution >= 4 is 11.8 Å². The lowest BCUT2D eigenvalue weighted by Gasteiger charge is -2.43. The monoisotopic (exact) mass is 254 g/mol. The Morgan fingerprint density at radius 2 is 2.18 bits per heavy atom. The van der Waals surface area contributed by atoms with Gasteiger partial charge in [-0.25, -0.2) is 0 Å². The quantitative estimate of drug-likeness (QED) is 0.895. The first-order valence-corrected chi connectivity index (χ1v) is 7.35. The molecule has 2 heterocycles. The molecule has 4 heteroatoms. The number of likely N-dealkylation sites (N-methyl/N-ethyl adjacent to an activating group) is 1. The Bertz CT molecular complexity index is 358. The topological polar surface area (TPSA) is 42.4 Å². The molecule has 1 aliphatic rings. The average Bonchev–Trinajstić information content (AvgIpc) is 2.76. The molecule has 96 valence electrons. The Morgan fingerprint density at radius 1 is 1.47 bits per heavy atom. The molecule has 0 unspecified atom stereocenters. The van der Waals surface area contributed by atoms with Crippen LogP contribution in [0, 0.1) is 6.92 Å². The van der Waals surface area contributed by atoms with Crippen LogP contribution in [0.15, 0.2) is 16.7 Å². The van der Waals surface area contributed by atoms with E-state index in [4.69, 9.17) is 10.2 Å². The zero-order valence-corrected chi connectivity index (χ0v) is 11.6. The van der Waals surface area contributed by atoms with Gasteiger partial charge in [-0.3, -0.25) is 4.90 Å². The zero-order chi connectivity index (χ0) is 12.3. The summed E-state index contributed by atoms with van der Waals surface area (Å²) in [7, 11) is 2.19. The van der Waals surface area contributed by atoms with Crippen molar-refractivity contribution in [3.63, 3.8) is 0 Å². The number of thioether (sulfide) groups is 1. The normalized spacial score (nSPS) is 19.8. The van der Waals surface area contributed by atoms with Crippen LogP contribution in [0.4, 0.5) is 0 Å². The lowest BCUT2D eigenvalue weighted by molar-refractivity contribution is 0.107. The lowest BCUT2D eigenvalue weighted by atomic mass is 9.90. The molecule has 0 aliphatic carbocycles. The largest absolute Gasteiger partial charge is 0.469 e. The van der Waals surface area contributed by atoms with Crippen LogP contribution in [0.2, 0.25) is 0 Å². The van der Waals surface area contributed by atoms with Gasteiger partial charge >= 0.3 is 0 Å². The Morgan fingerprint density at radius 3 is 2.71 bits per heavy atom. The summed E-state index contributed by atoms with van der Waals surface area (Å²) >= 11 is 2.04. The van der Waals surface area contributed by atoms with Crippen LogP contribution in [0.3, 0.4) is 0 Å². The third-order valence-corrected chi connectivity index (χ3v) is 4.97. The van der Waals surface area contributed by atoms with Crippen molar-refractivity contribution < 1.29 is 4.42 Å². The molecule has 1 saturated heterocycles. The van der Waals surface area contributed by atoms with Gasteiger partial charge in [-0.2, -0.15) is 11.8 Å². The van der Waals surface area contributed by atoms with Gasteiger partial charge in [0.25, 0.3) is 0 Å². The van der Waals surface area contributed by atoms with E-state index in [1.807, 2.05) is 18.7 Å². The molecular weight excluding hydrogens is 232 g/mol. The molecule has 0 atom stereocenters. The van der Waals surface area contributed by atoms with E-state index in [2.05, 4.69) is 18.0 Å². The van der Waals surface area contributed by atoms with Gasteiger partial charge in [-0.1, -0.05) is 0 Å². The van der Waals surface area contributed by atoms with E-state index in [9.17, 15) is 0 Å². The molecule has 1 aromatic heterocycles. The molecule has 0 aromatic carbocycles. The first kappa shape index (κ1) is 13.0. The SMILES string of the molecule is Cc1occc1CN(C)C1(CN)CCSCC1. The molecule has 1 aliphatic heterocycles. The van der Waals surface area contributed by atoms with E-state index in [1.165, 1.54) is 29.9 Å². The predicted octanol–water partition coefficient (Wildman–Crippen LogP) is 2.24. The summed E-state index contributed by atoms with van der Waals surface area (Å²) in [5, 5.41) is 0. The molecule has 17 heavy (non-hydrogen) atoms. The summed E-state index contributed by atoms with van der Waals surface area (Å²) < 4.78 is 5.36. The number of aryl methyl sites for hydroxylation is 1. The van der Waals surface area contributed by atoms with Crippen molar-refractivity contribution in [2.24, 2.45) is 5.73 Å². The van der Waals surface area contributed by atoms with Gasteiger partial charge in [0, 0.05) is 24.2 Å². The molecule has 0 bridgehead atoms. The summed E-state index contributed by atoms with van der Waals surface area (Å²) in [6, 6.07) is 2.06. The standard InChI is InChI=1S/C13H22N2OS/c1-11-12(3-6-16-11)9-15(2)13(10-14)4-7-17-8-5-13/h3,6H,4-5,7-10,14H2,1-2H3. The third kappa shape index (κ3) is 2.69. The molecule has 2 N–H and O–H groups in total. The van der Waals surface area contributed by atoms with Crippen molar-refractivity contribution in [1.82, 2.24) is 4.90 Å². The summed E-state index contributed by atoms with van der Waals surface area (Å²) in [4.78, 5) is 2.42. The highest BCUT2D eigenvalue weighted by Crippen LogP contribution is 2.32. The van der Waals surface area contributed by atoms with Crippen molar-refractivity contribution in [2.75, 3.05) is 25.1 Å². The summed E-state index contributed by atoms with van der Waals surface area (Å²) in [6.07, 6.45) is 4.16. The van der Waals surface area contributed by atoms with Crippen molar-refractivity contribution in [3.8, 4) is 0 Å². The van der Waals surface area contributed by atoms with E-state index >= 15 is 0 Å². The van der Waals surface area contributed by atoms with Crippen LogP contribution in [0.25, 0.3) is 0 Å². The average molecular weight is 254 g/mol. The first-order chi connectivity index (χ1) is 8.18. The Kier molecular flexibility index (Phi) is 4.17. The molecule has 0 radical (unpaired) electrons. The summed E-state index contributed by atoms with van der Waals surface area (Å²) in [6.45, 7) is 3.71. The molecule has 3 nitrogen and oxygen atoms in total. The molecule has 1 aromatic rings. The molecule has 0 spiro atoms. The van der Waals surface area contributed by atoms with E-state index < -0.39 is 0 Å². The zero-order valence-electron chi connectivity index (χ0n) is 10.7. The highest BCUT2D eigenvalue weighted by atomic mass is 32.2. The summed E-state index contributed by atoms with van der Waals surface area (Å²) in [5.74, 6) is 3.48. The molecule has 2 rings (SSSR count). The van der Waals surface area contributed by atoms with Crippen LogP contribution in [-0.2, 0) is 6.54 Å². The second kappa shape index (κ2) is 5.46. The fourth-order valence-electron chi connectivity index (χ4n) is 2.49. The van der Waals surface area contributed by atoms with Gasteiger partial charge in [0.05, 0.1) is 6.26 Å². The molecular formula is C13H22N2OS. The Balaban J connectivity index is 2.07. The molecule has 1 fully saturated rings. The lowest BCUT2D eigenvalue weighted by Crippen LogP contribution is -2.53. The van der Waals surface area contributed by atoms with Crippen LogP contribution in [0.1, 0.15) is 24.2 Å². The number of nitrogens with zero attached hydrogens (tertiary/aromatic N) is 1. The minimum atomic E-state index is 0.189. The minimum absolute atomic E-state index is 0.189. The maximum Gasteiger partial charge on any atom is 0.105 e. The second-order valence-electron chi connectivity index (χ2n) is 4.90. The van der Waals surface area contributed by atoms with E-state index in [0.29, 0.717) is 0 Å². The fourth-order valence-corrected chi connectivity index (χ4v) is 3.74. The first-order valence-electron chi connectivity index (χ1n) is 6.20. The van der Waals surface area contributed by atoms with Crippen LogP contribution >= 0.6 is 11.8 Å². The number of furan rings is 1. The van der Waals surface area contributed by atoms with E-state index in [1.54, 1.807) is 6.26 Å². The van der Waals surface area contributed by atoms with Crippen LogP contribution < -0.4 is 5.73 Å². The van der Waals surface area contributed by atoms with Crippen molar-refractivity contribution in [3.05, 3.63) is 23.7 Å². The number of rotatable bonds is 4. The number of hydrogen-bond donors (Lipinski definition) is 1. The fraction of sp³-hybridized carbons (Fsp3) is 0.692. The van der Waals surface area contributed by atoms with E-state index in [0.717, 1.165) is 18.8 Å². The van der Waals surface area contributed by atoms with Gasteiger partial charge in [0.15, 0.2) is 0 Å². The number of nitrogens with two attached hydrogens (primary N) is 1. The van der Waals surface area contributed by atoms with Gasteiger partial charge in [-0.15, -0.1) is 0 Å². The predicted molar refractivity (Wildman–Crippen MR) is 73.3 cm³/mol. The van der Waals surface area contributed by atoms with Crippen LogP contribution in [-0.4, -0.2) is 35.5 Å². The molecule has 0 amide bonds. The van der Waals surface area contributed by atoms with Crippen LogP contribution in [0.5, 0.6) is 0 Å². The maximum atomic E-state index is 6.03.